The molecule has 0 radical (unpaired) electrons. The lowest BCUT2D eigenvalue weighted by molar-refractivity contribution is -0.136. The third-order valence-corrected chi connectivity index (χ3v) is 5.75. The van der Waals surface area contributed by atoms with Crippen molar-refractivity contribution in [2.24, 2.45) is 11.1 Å². The summed E-state index contributed by atoms with van der Waals surface area (Å²) in [5.74, 6) is -2.33. The molecule has 2 N–H and O–H groups in total. The second-order valence-corrected chi connectivity index (χ2v) is 7.03. The van der Waals surface area contributed by atoms with Crippen molar-refractivity contribution in [3.8, 4) is 6.07 Å². The number of methoxy groups -OCH3 is 1. The minimum absolute atomic E-state index is 0.219. The monoisotopic (exact) mass is 371 g/mol. The molecule has 2 aliphatic heterocycles. The molecule has 0 unspecified atom stereocenters. The molecule has 1 amide bonds. The number of thiophene rings is 1. The smallest absolute Gasteiger partial charge is 0.339 e. The van der Waals surface area contributed by atoms with Crippen molar-refractivity contribution < 1.29 is 19.1 Å². The molecule has 2 aliphatic rings. The van der Waals surface area contributed by atoms with Crippen LogP contribution in [-0.2, 0) is 19.1 Å². The SMILES string of the molecule is COC(=O)C1=CN2[C@H](C(N)=O)[C@H](c3ccsc3)[C@@](C#N)(C(C)=O)[C@H]2C=C1. The molecule has 26 heavy (non-hydrogen) atoms. The number of amides is 1. The Morgan fingerprint density at radius 1 is 1.42 bits per heavy atom. The van der Waals surface area contributed by atoms with Gasteiger partial charge in [-0.3, -0.25) is 9.59 Å². The Morgan fingerprint density at radius 3 is 2.65 bits per heavy atom. The third-order valence-electron chi connectivity index (χ3n) is 5.04. The number of hydrogen-bond acceptors (Lipinski definition) is 7. The Hall–Kier alpha value is -2.92. The number of ketones is 1. The van der Waals surface area contributed by atoms with Gasteiger partial charge in [-0.15, -0.1) is 0 Å². The molecule has 8 heteroatoms. The number of carbonyl (C=O) groups is 3. The molecule has 1 saturated heterocycles. The molecular weight excluding hydrogens is 354 g/mol. The summed E-state index contributed by atoms with van der Waals surface area (Å²) in [4.78, 5) is 38.4. The molecule has 3 rings (SSSR count). The van der Waals surface area contributed by atoms with Crippen molar-refractivity contribution in [3.63, 3.8) is 0 Å². The highest BCUT2D eigenvalue weighted by Gasteiger charge is 2.64. The zero-order valence-corrected chi connectivity index (χ0v) is 15.0. The molecule has 0 aromatic carbocycles. The molecule has 134 valence electrons. The number of hydrogen-bond donors (Lipinski definition) is 1. The Labute approximate surface area is 154 Å². The topological polar surface area (TPSA) is 113 Å². The number of nitrogens with zero attached hydrogens (tertiary/aromatic N) is 2. The highest BCUT2D eigenvalue weighted by atomic mass is 32.1. The fourth-order valence-electron chi connectivity index (χ4n) is 3.91. The molecular formula is C18H17N3O4S. The predicted molar refractivity (Wildman–Crippen MR) is 93.6 cm³/mol. The lowest BCUT2D eigenvalue weighted by Crippen LogP contribution is -2.44. The number of fused-ring (bicyclic) bond motifs is 1. The molecule has 0 spiro atoms. The summed E-state index contributed by atoms with van der Waals surface area (Å²) in [6.07, 6.45) is 4.56. The number of carbonyl (C=O) groups excluding carboxylic acids is 3. The predicted octanol–water partition coefficient (Wildman–Crippen LogP) is 1.10. The van der Waals surface area contributed by atoms with Crippen molar-refractivity contribution in [2.75, 3.05) is 7.11 Å². The normalized spacial score (nSPS) is 29.5. The van der Waals surface area contributed by atoms with Crippen LogP contribution in [0.5, 0.6) is 0 Å². The van der Waals surface area contributed by atoms with E-state index in [9.17, 15) is 19.6 Å². The number of rotatable bonds is 4. The van der Waals surface area contributed by atoms with Crippen LogP contribution >= 0.6 is 11.3 Å². The fraction of sp³-hybridized carbons (Fsp3) is 0.333. The van der Waals surface area contributed by atoms with Crippen LogP contribution < -0.4 is 5.73 Å². The van der Waals surface area contributed by atoms with Crippen molar-refractivity contribution in [2.45, 2.75) is 24.9 Å². The van der Waals surface area contributed by atoms with E-state index in [1.165, 1.54) is 37.6 Å². The highest BCUT2D eigenvalue weighted by Crippen LogP contribution is 2.53. The zero-order valence-electron chi connectivity index (χ0n) is 14.2. The molecule has 7 nitrogen and oxygen atoms in total. The van der Waals surface area contributed by atoms with Crippen molar-refractivity contribution in [3.05, 3.63) is 46.3 Å². The third kappa shape index (κ3) is 2.35. The quantitative estimate of drug-likeness (QED) is 0.793. The number of esters is 1. The lowest BCUT2D eigenvalue weighted by Gasteiger charge is -2.32. The van der Waals surface area contributed by atoms with E-state index < -0.39 is 35.3 Å². The summed E-state index contributed by atoms with van der Waals surface area (Å²) in [6, 6.07) is 2.30. The van der Waals surface area contributed by atoms with Crippen LogP contribution in [-0.4, -0.2) is 41.8 Å². The number of nitriles is 1. The van der Waals surface area contributed by atoms with Gasteiger partial charge in [0, 0.05) is 12.1 Å². The van der Waals surface area contributed by atoms with Crippen LogP contribution in [0.2, 0.25) is 0 Å². The maximum absolute atomic E-state index is 12.7. The standard InChI is InChI=1S/C18H17N3O4S/c1-10(22)18(9-19)13-4-3-11(17(24)25-2)7-21(13)15(16(20)23)14(18)12-5-6-26-8-12/h3-8,13-15H,1-2H3,(H2,20,23)/t13-,14+,15+,18+/m1/s1. The number of primary amides is 1. The van der Waals surface area contributed by atoms with Gasteiger partial charge >= 0.3 is 5.97 Å². The zero-order chi connectivity index (χ0) is 19.1. The molecule has 1 aromatic heterocycles. The van der Waals surface area contributed by atoms with Crippen LogP contribution in [0.1, 0.15) is 18.4 Å². The molecule has 3 heterocycles. The van der Waals surface area contributed by atoms with E-state index in [-0.39, 0.29) is 11.4 Å². The average molecular weight is 371 g/mol. The van der Waals surface area contributed by atoms with Gasteiger partial charge in [0.25, 0.3) is 0 Å². The Kier molecular flexibility index (Phi) is 4.42. The van der Waals surface area contributed by atoms with E-state index in [4.69, 9.17) is 10.5 Å². The molecule has 1 aromatic rings. The number of ether oxygens (including phenoxy) is 1. The molecule has 4 atom stereocenters. The van der Waals surface area contributed by atoms with E-state index >= 15 is 0 Å². The van der Waals surface area contributed by atoms with Crippen LogP contribution in [0.3, 0.4) is 0 Å². The van der Waals surface area contributed by atoms with E-state index in [0.717, 1.165) is 0 Å². The highest BCUT2D eigenvalue weighted by molar-refractivity contribution is 7.08. The van der Waals surface area contributed by atoms with E-state index in [2.05, 4.69) is 6.07 Å². The Morgan fingerprint density at radius 2 is 2.15 bits per heavy atom. The van der Waals surface area contributed by atoms with Crippen molar-refractivity contribution in [1.82, 2.24) is 4.90 Å². The van der Waals surface area contributed by atoms with E-state index in [0.29, 0.717) is 5.56 Å². The van der Waals surface area contributed by atoms with Crippen LogP contribution in [0.25, 0.3) is 0 Å². The van der Waals surface area contributed by atoms with E-state index in [1.54, 1.807) is 17.0 Å². The second-order valence-electron chi connectivity index (χ2n) is 6.25. The Bertz CT molecular complexity index is 867. The van der Waals surface area contributed by atoms with Gasteiger partial charge in [-0.25, -0.2) is 4.79 Å². The van der Waals surface area contributed by atoms with Gasteiger partial charge in [0.1, 0.15) is 11.5 Å². The summed E-state index contributed by atoms with van der Waals surface area (Å²) in [5.41, 5.74) is 5.09. The van der Waals surface area contributed by atoms with Gasteiger partial charge in [0.05, 0.1) is 24.8 Å². The molecule has 0 aliphatic carbocycles. The average Bonchev–Trinajstić information content (AvgIpc) is 3.24. The van der Waals surface area contributed by atoms with Gasteiger partial charge in [0.15, 0.2) is 5.78 Å². The lowest BCUT2D eigenvalue weighted by atomic mass is 9.67. The van der Waals surface area contributed by atoms with Crippen LogP contribution in [0, 0.1) is 16.7 Å². The maximum Gasteiger partial charge on any atom is 0.339 e. The van der Waals surface area contributed by atoms with E-state index in [1.807, 2.05) is 10.8 Å². The fourth-order valence-corrected chi connectivity index (χ4v) is 4.61. The second kappa shape index (κ2) is 6.42. The Balaban J connectivity index is 2.24. The van der Waals surface area contributed by atoms with Crippen molar-refractivity contribution in [1.29, 1.82) is 5.26 Å². The minimum Gasteiger partial charge on any atom is -0.465 e. The van der Waals surface area contributed by atoms with Crippen LogP contribution in [0.15, 0.2) is 40.8 Å². The van der Waals surface area contributed by atoms with Gasteiger partial charge < -0.3 is 15.4 Å². The first-order valence-electron chi connectivity index (χ1n) is 7.88. The summed E-state index contributed by atoms with van der Waals surface area (Å²) in [5, 5.41) is 13.6. The number of Topliss-reactive ketones (excluding diaryl/α,β-unsaturated/α-hetero) is 1. The summed E-state index contributed by atoms with van der Waals surface area (Å²) >= 11 is 1.41. The minimum atomic E-state index is -1.49. The molecule has 1 fully saturated rings. The first-order chi connectivity index (χ1) is 12.4. The first-order valence-corrected chi connectivity index (χ1v) is 8.82. The first kappa shape index (κ1) is 17.9. The van der Waals surface area contributed by atoms with Gasteiger partial charge in [0.2, 0.25) is 5.91 Å². The molecule has 0 saturated carbocycles. The summed E-state index contributed by atoms with van der Waals surface area (Å²) < 4.78 is 4.73. The van der Waals surface area contributed by atoms with Gasteiger partial charge in [-0.2, -0.15) is 16.6 Å². The summed E-state index contributed by atoms with van der Waals surface area (Å²) in [6.45, 7) is 1.34. The van der Waals surface area contributed by atoms with Crippen molar-refractivity contribution >= 4 is 29.0 Å². The summed E-state index contributed by atoms with van der Waals surface area (Å²) in [7, 11) is 1.25. The van der Waals surface area contributed by atoms with Gasteiger partial charge in [-0.1, -0.05) is 6.08 Å². The molecule has 0 bridgehead atoms. The van der Waals surface area contributed by atoms with Gasteiger partial charge in [-0.05, 0) is 35.4 Å². The maximum atomic E-state index is 12.7. The largest absolute Gasteiger partial charge is 0.465 e. The number of nitrogens with two attached hydrogens (primary N) is 1. The van der Waals surface area contributed by atoms with Crippen LogP contribution in [0.4, 0.5) is 0 Å².